The summed E-state index contributed by atoms with van der Waals surface area (Å²) in [5.41, 5.74) is 10.5. The molecule has 11 rings (SSSR count). The molecular weight excluding hydrogens is 1060 g/mol. The number of β-amino-alcohol motifs (C(OH)–C–C–N with tert-alkyl or cyclic N) is 1. The van der Waals surface area contributed by atoms with Crippen LogP contribution in [0, 0.1) is 25.6 Å². The van der Waals surface area contributed by atoms with Crippen molar-refractivity contribution in [2.75, 3.05) is 44.8 Å². The summed E-state index contributed by atoms with van der Waals surface area (Å²) in [5.74, 6) is -0.0792. The Morgan fingerprint density at radius 1 is 0.951 bits per heavy atom. The molecular formula is C61H71FN12O7S. The Hall–Kier alpha value is -7.43. The van der Waals surface area contributed by atoms with Crippen LogP contribution in [0.15, 0.2) is 78.6 Å². The summed E-state index contributed by atoms with van der Waals surface area (Å²) in [6.45, 7) is 15.9. The standard InChI is InChI=1S/C61H71FN12O7S/c1-32(2)55(60(78)73-27-43(76)23-50(73)59(77)66-53(37(7)75)41-15-17-42(18-16-41)57-36(6)64-31-82-57)74-28-49(70-71-74)40-11-9-38(10-12-40)30-80-56-52(51-35(5)47(62)25-48-46(51)26-65-69-48)44(39-13-14-39)24-45-54(56)67-61(81-29-34(4)79-8)68-58(45)72-22-21-63-20-19-33(72)3/h9-12,15-18,24-26,28,31-34,37,39,43,50,53,55,63,75-76H,13-14,19-23,27,29-30H2,1-8H3,(H,65,69)(H,66,77)/t33-,34+,37+,43-,50+,53+,55+/m1/s1. The maximum atomic E-state index is 16.1. The lowest BCUT2D eigenvalue weighted by Crippen LogP contribution is -2.50. The number of hydrogen-bond donors (Lipinski definition) is 5. The second-order valence-electron chi connectivity index (χ2n) is 22.6. The zero-order chi connectivity index (χ0) is 57.5. The number of aliphatic hydroxyl groups excluding tert-OH is 2. The number of nitrogens with zero attached hydrogens (tertiary/aromatic N) is 9. The highest BCUT2D eigenvalue weighted by Crippen LogP contribution is 2.53. The smallest absolute Gasteiger partial charge is 0.319 e. The van der Waals surface area contributed by atoms with Gasteiger partial charge in [0.25, 0.3) is 0 Å². The number of aryl methyl sites for hydroxylation is 1. The molecule has 1 aliphatic carbocycles. The molecule has 2 amide bonds. The van der Waals surface area contributed by atoms with Crippen molar-refractivity contribution in [2.45, 2.75) is 129 Å². The number of nitrogens with one attached hydrogen (secondary N) is 3. The topological polar surface area (TPSA) is 231 Å². The summed E-state index contributed by atoms with van der Waals surface area (Å²) >= 11 is 1.54. The lowest BCUT2D eigenvalue weighted by atomic mass is 9.88. The summed E-state index contributed by atoms with van der Waals surface area (Å²) in [6, 6.07) is 16.8. The Morgan fingerprint density at radius 3 is 2.43 bits per heavy atom. The lowest BCUT2D eigenvalue weighted by Gasteiger charge is -2.31. The molecule has 3 aliphatic rings. The van der Waals surface area contributed by atoms with Crippen LogP contribution < -0.4 is 25.0 Å². The van der Waals surface area contributed by atoms with Gasteiger partial charge in [0.1, 0.15) is 48.1 Å². The molecule has 430 valence electrons. The molecule has 7 atom stereocenters. The van der Waals surface area contributed by atoms with E-state index in [0.717, 1.165) is 87.3 Å². The molecule has 8 aromatic rings. The number of amides is 2. The minimum Gasteiger partial charge on any atom is -0.486 e. The van der Waals surface area contributed by atoms with Crippen LogP contribution in [-0.2, 0) is 20.9 Å². The number of thiazole rings is 1. The number of fused-ring (bicyclic) bond motifs is 2. The number of aliphatic hydroxyl groups is 2. The first-order valence-electron chi connectivity index (χ1n) is 28.3. The van der Waals surface area contributed by atoms with Gasteiger partial charge in [-0.3, -0.25) is 14.7 Å². The van der Waals surface area contributed by atoms with Gasteiger partial charge in [-0.2, -0.15) is 15.1 Å². The van der Waals surface area contributed by atoms with Crippen molar-refractivity contribution in [3.8, 4) is 44.6 Å². The Morgan fingerprint density at radius 2 is 1.72 bits per heavy atom. The normalized spacial score (nSPS) is 19.1. The number of hydrogen-bond acceptors (Lipinski definition) is 16. The average Bonchev–Trinajstić information content (AvgIpc) is 2.87. The van der Waals surface area contributed by atoms with Gasteiger partial charge in [0.15, 0.2) is 5.75 Å². The number of aromatic nitrogens is 8. The molecule has 3 fully saturated rings. The van der Waals surface area contributed by atoms with Crippen molar-refractivity contribution in [1.82, 2.24) is 55.7 Å². The summed E-state index contributed by atoms with van der Waals surface area (Å²) < 4.78 is 36.7. The fourth-order valence-electron chi connectivity index (χ4n) is 11.5. The highest BCUT2D eigenvalue weighted by Gasteiger charge is 2.44. The van der Waals surface area contributed by atoms with Gasteiger partial charge in [-0.25, -0.2) is 14.1 Å². The van der Waals surface area contributed by atoms with Crippen molar-refractivity contribution in [3.05, 3.63) is 112 Å². The molecule has 82 heavy (non-hydrogen) atoms. The van der Waals surface area contributed by atoms with E-state index in [1.165, 1.54) is 15.6 Å². The lowest BCUT2D eigenvalue weighted by molar-refractivity contribution is -0.143. The third kappa shape index (κ3) is 11.4. The number of H-pyrrole nitrogens is 1. The molecule has 1 saturated carbocycles. The van der Waals surface area contributed by atoms with E-state index in [-0.39, 0.29) is 67.9 Å². The second kappa shape index (κ2) is 23.8. The van der Waals surface area contributed by atoms with E-state index < -0.39 is 36.2 Å². The molecule has 2 aliphatic heterocycles. The van der Waals surface area contributed by atoms with Gasteiger partial charge in [0.2, 0.25) is 11.8 Å². The molecule has 5 N–H and O–H groups in total. The van der Waals surface area contributed by atoms with Gasteiger partial charge >= 0.3 is 6.01 Å². The van der Waals surface area contributed by atoms with E-state index in [9.17, 15) is 19.8 Å². The van der Waals surface area contributed by atoms with Crippen molar-refractivity contribution in [2.24, 2.45) is 5.92 Å². The second-order valence-corrected chi connectivity index (χ2v) is 23.4. The van der Waals surface area contributed by atoms with Gasteiger partial charge in [-0.15, -0.1) is 16.4 Å². The molecule has 0 spiro atoms. The SMILES string of the molecule is CO[C@@H](C)COc1nc(N2CCNCC[C@H]2C)c2cc(C3CC3)c(-c3c(C)c(F)cc4[nH]ncc34)c(OCc3ccc(-c4cn([C@H](C(=O)N5C[C@H](O)C[C@H]5C(=O)N[C@H](c5ccc(-c6scnc6C)cc5)[C@H](C)O)C(C)C)nn4)cc3)c2n1. The van der Waals surface area contributed by atoms with E-state index in [1.54, 1.807) is 50.2 Å². The number of carbonyl (C=O) groups excluding carboxylic acids is 2. The summed E-state index contributed by atoms with van der Waals surface area (Å²) in [4.78, 5) is 48.3. The van der Waals surface area contributed by atoms with Gasteiger partial charge in [0, 0.05) is 66.7 Å². The molecule has 2 saturated heterocycles. The van der Waals surface area contributed by atoms with Crippen LogP contribution in [0.5, 0.6) is 11.8 Å². The van der Waals surface area contributed by atoms with Gasteiger partial charge in [0.05, 0.1) is 58.3 Å². The number of aromatic amines is 1. The highest BCUT2D eigenvalue weighted by atomic mass is 32.1. The molecule has 4 aromatic carbocycles. The third-order valence-electron chi connectivity index (χ3n) is 16.3. The minimum atomic E-state index is -0.994. The molecule has 19 nitrogen and oxygen atoms in total. The average molecular weight is 1140 g/mol. The summed E-state index contributed by atoms with van der Waals surface area (Å²) in [7, 11) is 1.63. The monoisotopic (exact) mass is 1130 g/mol. The van der Waals surface area contributed by atoms with Crippen LogP contribution in [0.3, 0.4) is 0 Å². The van der Waals surface area contributed by atoms with Crippen LogP contribution in [0.25, 0.3) is 54.6 Å². The first-order chi connectivity index (χ1) is 39.6. The summed E-state index contributed by atoms with van der Waals surface area (Å²) in [5, 5.41) is 46.4. The molecule has 6 heterocycles. The largest absolute Gasteiger partial charge is 0.486 e. The number of methoxy groups -OCH3 is 1. The van der Waals surface area contributed by atoms with Crippen LogP contribution in [0.4, 0.5) is 10.2 Å². The third-order valence-corrected chi connectivity index (χ3v) is 17.3. The predicted molar refractivity (Wildman–Crippen MR) is 312 cm³/mol. The molecule has 21 heteroatoms. The van der Waals surface area contributed by atoms with Crippen LogP contribution in [0.2, 0.25) is 0 Å². The number of ether oxygens (including phenoxy) is 3. The molecule has 0 bridgehead atoms. The van der Waals surface area contributed by atoms with Gasteiger partial charge in [-0.05, 0) is 112 Å². The van der Waals surface area contributed by atoms with Crippen molar-refractivity contribution < 1.29 is 38.4 Å². The molecule has 4 aromatic heterocycles. The number of benzene rings is 4. The zero-order valence-electron chi connectivity index (χ0n) is 47.5. The Balaban J connectivity index is 0.880. The Kier molecular flexibility index (Phi) is 16.4. The predicted octanol–water partition coefficient (Wildman–Crippen LogP) is 8.77. The van der Waals surface area contributed by atoms with Crippen LogP contribution in [-0.4, -0.2) is 137 Å². The molecule has 0 radical (unpaired) electrons. The maximum absolute atomic E-state index is 16.1. The first-order valence-corrected chi connectivity index (χ1v) is 29.2. The van der Waals surface area contributed by atoms with Crippen molar-refractivity contribution in [3.63, 3.8) is 0 Å². The fraction of sp³-hybridized carbons (Fsp3) is 0.443. The number of halogens is 1. The van der Waals surface area contributed by atoms with E-state index in [0.29, 0.717) is 45.7 Å². The summed E-state index contributed by atoms with van der Waals surface area (Å²) in [6.07, 6.45) is 4.21. The Labute approximate surface area is 479 Å². The van der Waals surface area contributed by atoms with E-state index in [1.807, 2.05) is 76.2 Å². The van der Waals surface area contributed by atoms with Crippen molar-refractivity contribution >= 4 is 50.8 Å². The number of rotatable bonds is 19. The van der Waals surface area contributed by atoms with E-state index in [2.05, 4.69) is 54.0 Å². The zero-order valence-corrected chi connectivity index (χ0v) is 48.3. The number of likely N-dealkylation sites (tertiary alicyclic amines) is 1. The quantitative estimate of drug-likeness (QED) is 0.0510. The maximum Gasteiger partial charge on any atom is 0.319 e. The van der Waals surface area contributed by atoms with E-state index >= 15 is 4.39 Å². The molecule has 0 unspecified atom stereocenters. The van der Waals surface area contributed by atoms with Crippen LogP contribution >= 0.6 is 11.3 Å². The van der Waals surface area contributed by atoms with E-state index in [4.69, 9.17) is 24.2 Å². The first kappa shape index (κ1) is 56.4. The number of carbonyl (C=O) groups is 2. The minimum absolute atomic E-state index is 0.0353. The Bertz CT molecular complexity index is 3600. The van der Waals surface area contributed by atoms with Crippen molar-refractivity contribution in [1.29, 1.82) is 0 Å². The van der Waals surface area contributed by atoms with Crippen LogP contribution in [0.1, 0.15) is 106 Å². The highest BCUT2D eigenvalue weighted by molar-refractivity contribution is 7.13. The van der Waals surface area contributed by atoms with Gasteiger partial charge < -0.3 is 44.9 Å². The van der Waals surface area contributed by atoms with Gasteiger partial charge in [-0.1, -0.05) is 67.6 Å². The fourth-order valence-corrected chi connectivity index (χ4v) is 12.3. The number of anilines is 1.